The first kappa shape index (κ1) is 19.1. The molecule has 6 nitrogen and oxygen atoms in total. The average molecular weight is 394 g/mol. The van der Waals surface area contributed by atoms with E-state index < -0.39 is 0 Å². The van der Waals surface area contributed by atoms with Crippen LogP contribution in [0, 0.1) is 17.1 Å². The van der Waals surface area contributed by atoms with Crippen molar-refractivity contribution in [3.05, 3.63) is 53.8 Å². The summed E-state index contributed by atoms with van der Waals surface area (Å²) >= 11 is 0. The maximum Gasteiger partial charge on any atom is 0.229 e. The molecule has 1 atom stereocenters. The Morgan fingerprint density at radius 2 is 1.97 bits per heavy atom. The molecule has 1 heterocycles. The van der Waals surface area contributed by atoms with Crippen LogP contribution in [0.5, 0.6) is 0 Å². The summed E-state index contributed by atoms with van der Waals surface area (Å²) in [6.45, 7) is 0.428. The Kier molecular flexibility index (Phi) is 5.29. The van der Waals surface area contributed by atoms with Gasteiger partial charge in [0.2, 0.25) is 11.8 Å². The summed E-state index contributed by atoms with van der Waals surface area (Å²) in [5.41, 5.74) is 2.70. The molecule has 2 fully saturated rings. The highest BCUT2D eigenvalue weighted by Gasteiger charge is 2.33. The van der Waals surface area contributed by atoms with Gasteiger partial charge in [-0.1, -0.05) is 0 Å². The summed E-state index contributed by atoms with van der Waals surface area (Å²) in [6, 6.07) is 11.2. The summed E-state index contributed by atoms with van der Waals surface area (Å²) < 4.78 is 13.1. The molecule has 1 aliphatic heterocycles. The standard InChI is InChI=1S/C22H23FN4O2/c23-16-3-5-17(6-4-16)25-20-8-7-19(10-15(20)12-24)27-13-18(11-22(27)29)26-21(28)9-14-1-2-14/h3-8,10,12,14,18,24-25H,1-2,9,11,13H2,(H,26,28). The second-order valence-corrected chi connectivity index (χ2v) is 7.67. The SMILES string of the molecule is N=Cc1cc(N2CC(NC(=O)CC3CC3)CC2=O)ccc1Nc1ccc(F)cc1. The second-order valence-electron chi connectivity index (χ2n) is 7.67. The zero-order valence-electron chi connectivity index (χ0n) is 16.0. The van der Waals surface area contributed by atoms with Crippen molar-refractivity contribution in [1.82, 2.24) is 5.32 Å². The molecule has 2 amide bonds. The molecule has 1 aliphatic carbocycles. The number of halogens is 1. The second kappa shape index (κ2) is 8.03. The van der Waals surface area contributed by atoms with Crippen LogP contribution in [0.3, 0.4) is 0 Å². The van der Waals surface area contributed by atoms with Gasteiger partial charge in [-0.2, -0.15) is 0 Å². The molecule has 29 heavy (non-hydrogen) atoms. The summed E-state index contributed by atoms with van der Waals surface area (Å²) in [6.07, 6.45) is 4.28. The number of benzene rings is 2. The first-order valence-corrected chi connectivity index (χ1v) is 9.78. The van der Waals surface area contributed by atoms with Crippen molar-refractivity contribution in [1.29, 1.82) is 5.41 Å². The van der Waals surface area contributed by atoms with Gasteiger partial charge in [0.05, 0.1) is 6.04 Å². The Hall–Kier alpha value is -3.22. The van der Waals surface area contributed by atoms with Crippen molar-refractivity contribution in [3.63, 3.8) is 0 Å². The monoisotopic (exact) mass is 394 g/mol. The normalized spacial score (nSPS) is 18.6. The van der Waals surface area contributed by atoms with E-state index in [1.165, 1.54) is 18.3 Å². The van der Waals surface area contributed by atoms with Crippen LogP contribution in [0.1, 0.15) is 31.2 Å². The molecule has 0 aromatic heterocycles. The van der Waals surface area contributed by atoms with Crippen LogP contribution in [0.15, 0.2) is 42.5 Å². The minimum Gasteiger partial charge on any atom is -0.355 e. The molecular weight excluding hydrogens is 371 g/mol. The predicted octanol–water partition coefficient (Wildman–Crippen LogP) is 3.59. The molecule has 2 aliphatic rings. The van der Waals surface area contributed by atoms with Crippen LogP contribution in [-0.2, 0) is 9.59 Å². The molecule has 3 N–H and O–H groups in total. The number of nitrogens with one attached hydrogen (secondary N) is 3. The van der Waals surface area contributed by atoms with E-state index in [2.05, 4.69) is 10.6 Å². The number of anilines is 3. The number of hydrogen-bond acceptors (Lipinski definition) is 4. The highest BCUT2D eigenvalue weighted by Crippen LogP contribution is 2.32. The van der Waals surface area contributed by atoms with Crippen molar-refractivity contribution >= 4 is 35.1 Å². The number of nitrogens with zero attached hydrogens (tertiary/aromatic N) is 1. The van der Waals surface area contributed by atoms with E-state index in [0.717, 1.165) is 12.8 Å². The number of carbonyl (C=O) groups is 2. The average Bonchev–Trinajstić information content (AvgIpc) is 3.44. The smallest absolute Gasteiger partial charge is 0.229 e. The van der Waals surface area contributed by atoms with Gasteiger partial charge in [0, 0.05) is 48.2 Å². The van der Waals surface area contributed by atoms with Crippen LogP contribution in [0.25, 0.3) is 0 Å². The lowest BCUT2D eigenvalue weighted by Gasteiger charge is -2.19. The van der Waals surface area contributed by atoms with Crippen LogP contribution in [0.2, 0.25) is 0 Å². The van der Waals surface area contributed by atoms with Gasteiger partial charge in [-0.3, -0.25) is 9.59 Å². The fourth-order valence-electron chi connectivity index (χ4n) is 3.56. The third-order valence-corrected chi connectivity index (χ3v) is 5.29. The van der Waals surface area contributed by atoms with Crippen molar-refractivity contribution in [2.75, 3.05) is 16.8 Å². The highest BCUT2D eigenvalue weighted by molar-refractivity contribution is 5.99. The maximum atomic E-state index is 13.1. The van der Waals surface area contributed by atoms with E-state index in [1.54, 1.807) is 29.2 Å². The van der Waals surface area contributed by atoms with Crippen LogP contribution in [0.4, 0.5) is 21.5 Å². The summed E-state index contributed by atoms with van der Waals surface area (Å²) in [4.78, 5) is 26.2. The fraction of sp³-hybridized carbons (Fsp3) is 0.318. The van der Waals surface area contributed by atoms with Crippen molar-refractivity contribution in [2.24, 2.45) is 5.92 Å². The molecular formula is C22H23FN4O2. The molecule has 2 aromatic rings. The summed E-state index contributed by atoms with van der Waals surface area (Å²) in [7, 11) is 0. The molecule has 150 valence electrons. The van der Waals surface area contributed by atoms with E-state index in [9.17, 15) is 14.0 Å². The lowest BCUT2D eigenvalue weighted by molar-refractivity contribution is -0.122. The number of rotatable bonds is 7. The zero-order valence-corrected chi connectivity index (χ0v) is 16.0. The van der Waals surface area contributed by atoms with E-state index in [4.69, 9.17) is 5.41 Å². The van der Waals surface area contributed by atoms with Crippen LogP contribution < -0.4 is 15.5 Å². The van der Waals surface area contributed by atoms with Crippen LogP contribution in [-0.4, -0.2) is 30.6 Å². The van der Waals surface area contributed by atoms with Gasteiger partial charge < -0.3 is 20.9 Å². The predicted molar refractivity (Wildman–Crippen MR) is 110 cm³/mol. The van der Waals surface area contributed by atoms with Crippen molar-refractivity contribution in [3.8, 4) is 0 Å². The van der Waals surface area contributed by atoms with E-state index >= 15 is 0 Å². The molecule has 1 saturated carbocycles. The Balaban J connectivity index is 1.45. The van der Waals surface area contributed by atoms with Gasteiger partial charge in [0.1, 0.15) is 5.82 Å². The molecule has 7 heteroatoms. The highest BCUT2D eigenvalue weighted by atomic mass is 19.1. The first-order valence-electron chi connectivity index (χ1n) is 9.78. The van der Waals surface area contributed by atoms with E-state index in [0.29, 0.717) is 41.5 Å². The van der Waals surface area contributed by atoms with E-state index in [-0.39, 0.29) is 30.1 Å². The Morgan fingerprint density at radius 3 is 2.66 bits per heavy atom. The van der Waals surface area contributed by atoms with Gasteiger partial charge in [-0.05, 0) is 61.2 Å². The molecule has 0 radical (unpaired) electrons. The quantitative estimate of drug-likeness (QED) is 0.628. The topological polar surface area (TPSA) is 85.3 Å². The largest absolute Gasteiger partial charge is 0.355 e. The summed E-state index contributed by atoms with van der Waals surface area (Å²) in [5, 5.41) is 13.8. The minimum atomic E-state index is -0.315. The molecule has 0 spiro atoms. The molecule has 1 saturated heterocycles. The summed E-state index contributed by atoms with van der Waals surface area (Å²) in [5.74, 6) is 0.173. The third kappa shape index (κ3) is 4.62. The molecule has 4 rings (SSSR count). The van der Waals surface area contributed by atoms with Crippen molar-refractivity contribution in [2.45, 2.75) is 31.7 Å². The Morgan fingerprint density at radius 1 is 1.21 bits per heavy atom. The number of amides is 2. The Labute approximate surface area is 168 Å². The van der Waals surface area contributed by atoms with Crippen LogP contribution >= 0.6 is 0 Å². The lowest BCUT2D eigenvalue weighted by atomic mass is 10.1. The third-order valence-electron chi connectivity index (χ3n) is 5.29. The molecule has 2 aromatic carbocycles. The number of carbonyl (C=O) groups excluding carboxylic acids is 2. The lowest BCUT2D eigenvalue weighted by Crippen LogP contribution is -2.37. The van der Waals surface area contributed by atoms with Gasteiger partial charge in [-0.25, -0.2) is 4.39 Å². The van der Waals surface area contributed by atoms with Gasteiger partial charge in [0.15, 0.2) is 0 Å². The molecule has 1 unspecified atom stereocenters. The number of hydrogen-bond donors (Lipinski definition) is 3. The minimum absolute atomic E-state index is 0.0196. The molecule has 0 bridgehead atoms. The first-order chi connectivity index (χ1) is 14.0. The van der Waals surface area contributed by atoms with Crippen molar-refractivity contribution < 1.29 is 14.0 Å². The van der Waals surface area contributed by atoms with Gasteiger partial charge >= 0.3 is 0 Å². The van der Waals surface area contributed by atoms with Gasteiger partial charge in [0.25, 0.3) is 0 Å². The maximum absolute atomic E-state index is 13.1. The zero-order chi connectivity index (χ0) is 20.4. The Bertz CT molecular complexity index is 940. The van der Waals surface area contributed by atoms with E-state index in [1.807, 2.05) is 6.07 Å². The van der Waals surface area contributed by atoms with Gasteiger partial charge in [-0.15, -0.1) is 0 Å². The fourth-order valence-corrected chi connectivity index (χ4v) is 3.56.